The van der Waals surface area contributed by atoms with Crippen molar-refractivity contribution in [3.8, 4) is 0 Å². The van der Waals surface area contributed by atoms with Crippen molar-refractivity contribution in [2.75, 3.05) is 0 Å². The molecule has 2 heteroatoms. The molecule has 1 aromatic heterocycles. The van der Waals surface area contributed by atoms with Gasteiger partial charge < -0.3 is 0 Å². The molecular formula is C12H10OS. The molecule has 0 saturated carbocycles. The molecule has 70 valence electrons. The second-order valence-corrected chi connectivity index (χ2v) is 4.08. The van der Waals surface area contributed by atoms with Gasteiger partial charge in [-0.2, -0.15) is 0 Å². The van der Waals surface area contributed by atoms with Crippen LogP contribution in [0.25, 0.3) is 0 Å². The van der Waals surface area contributed by atoms with Crippen molar-refractivity contribution in [2.45, 2.75) is 6.42 Å². The molecule has 1 nitrogen and oxygen atoms in total. The van der Waals surface area contributed by atoms with E-state index in [0.717, 1.165) is 17.6 Å². The SMILES string of the molecule is O=Cc1cc(Cc2ccccc2)cs1. The Kier molecular flexibility index (Phi) is 2.75. The van der Waals surface area contributed by atoms with Gasteiger partial charge in [-0.15, -0.1) is 11.3 Å². The molecule has 1 heterocycles. The molecule has 0 N–H and O–H groups in total. The first-order chi connectivity index (χ1) is 6.88. The minimum absolute atomic E-state index is 0.802. The standard InChI is InChI=1S/C12H10OS/c13-8-12-7-11(9-14-12)6-10-4-2-1-3-5-10/h1-5,7-9H,6H2. The third-order valence-electron chi connectivity index (χ3n) is 2.04. The predicted molar refractivity (Wildman–Crippen MR) is 59.0 cm³/mol. The zero-order valence-electron chi connectivity index (χ0n) is 7.64. The van der Waals surface area contributed by atoms with Crippen molar-refractivity contribution in [1.29, 1.82) is 0 Å². The van der Waals surface area contributed by atoms with E-state index in [-0.39, 0.29) is 0 Å². The first-order valence-electron chi connectivity index (χ1n) is 4.45. The van der Waals surface area contributed by atoms with Crippen LogP contribution >= 0.6 is 11.3 Å². The number of carbonyl (C=O) groups excluding carboxylic acids is 1. The molecule has 0 unspecified atom stereocenters. The Morgan fingerprint density at radius 2 is 1.93 bits per heavy atom. The normalized spacial score (nSPS) is 10.0. The summed E-state index contributed by atoms with van der Waals surface area (Å²) < 4.78 is 0. The molecule has 1 aromatic carbocycles. The summed E-state index contributed by atoms with van der Waals surface area (Å²) >= 11 is 1.50. The zero-order chi connectivity index (χ0) is 9.80. The highest BCUT2D eigenvalue weighted by Crippen LogP contribution is 2.16. The Bertz CT molecular complexity index is 417. The number of thiophene rings is 1. The van der Waals surface area contributed by atoms with Gasteiger partial charge in [-0.05, 0) is 29.0 Å². The molecular weight excluding hydrogens is 192 g/mol. The Morgan fingerprint density at radius 1 is 1.14 bits per heavy atom. The summed E-state index contributed by atoms with van der Waals surface area (Å²) in [4.78, 5) is 11.3. The number of aldehydes is 1. The second-order valence-electron chi connectivity index (χ2n) is 3.14. The lowest BCUT2D eigenvalue weighted by atomic mass is 10.1. The monoisotopic (exact) mass is 202 g/mol. The van der Waals surface area contributed by atoms with E-state index in [1.807, 2.05) is 29.6 Å². The summed E-state index contributed by atoms with van der Waals surface area (Å²) in [6, 6.07) is 12.2. The van der Waals surface area contributed by atoms with Crippen LogP contribution in [0.5, 0.6) is 0 Å². The smallest absolute Gasteiger partial charge is 0.160 e. The van der Waals surface area contributed by atoms with Crippen LogP contribution in [0.1, 0.15) is 20.8 Å². The van der Waals surface area contributed by atoms with E-state index in [1.165, 1.54) is 22.5 Å². The number of hydrogen-bond donors (Lipinski definition) is 0. The fraction of sp³-hybridized carbons (Fsp3) is 0.0833. The molecule has 0 aliphatic rings. The summed E-state index contributed by atoms with van der Waals surface area (Å²) in [6.07, 6.45) is 1.81. The van der Waals surface area contributed by atoms with E-state index < -0.39 is 0 Å². The molecule has 14 heavy (non-hydrogen) atoms. The quantitative estimate of drug-likeness (QED) is 0.699. The van der Waals surface area contributed by atoms with E-state index in [2.05, 4.69) is 12.1 Å². The van der Waals surface area contributed by atoms with E-state index in [9.17, 15) is 4.79 Å². The Hall–Kier alpha value is -1.41. The zero-order valence-corrected chi connectivity index (χ0v) is 8.46. The molecule has 0 aliphatic carbocycles. The van der Waals surface area contributed by atoms with Gasteiger partial charge in [0.25, 0.3) is 0 Å². The summed E-state index contributed by atoms with van der Waals surface area (Å²) in [5.74, 6) is 0. The number of hydrogen-bond acceptors (Lipinski definition) is 2. The first kappa shape index (κ1) is 9.16. The number of benzene rings is 1. The maximum absolute atomic E-state index is 10.5. The second kappa shape index (κ2) is 4.20. The van der Waals surface area contributed by atoms with E-state index in [4.69, 9.17) is 0 Å². The highest BCUT2D eigenvalue weighted by atomic mass is 32.1. The van der Waals surface area contributed by atoms with Crippen LogP contribution in [0.4, 0.5) is 0 Å². The third kappa shape index (κ3) is 2.09. The lowest BCUT2D eigenvalue weighted by Crippen LogP contribution is -1.83. The molecule has 0 saturated heterocycles. The summed E-state index contributed by atoms with van der Waals surface area (Å²) in [7, 11) is 0. The van der Waals surface area contributed by atoms with Crippen LogP contribution in [-0.4, -0.2) is 6.29 Å². The van der Waals surface area contributed by atoms with Gasteiger partial charge in [-0.1, -0.05) is 30.3 Å². The summed E-state index contributed by atoms with van der Waals surface area (Å²) in [6.45, 7) is 0. The molecule has 0 radical (unpaired) electrons. The maximum Gasteiger partial charge on any atom is 0.160 e. The van der Waals surface area contributed by atoms with Gasteiger partial charge in [0.05, 0.1) is 4.88 Å². The van der Waals surface area contributed by atoms with Crippen LogP contribution in [0.2, 0.25) is 0 Å². The predicted octanol–water partition coefficient (Wildman–Crippen LogP) is 3.15. The molecule has 0 atom stereocenters. The van der Waals surface area contributed by atoms with Gasteiger partial charge in [0.2, 0.25) is 0 Å². The molecule has 2 aromatic rings. The van der Waals surface area contributed by atoms with Crippen molar-refractivity contribution in [1.82, 2.24) is 0 Å². The highest BCUT2D eigenvalue weighted by molar-refractivity contribution is 7.11. The first-order valence-corrected chi connectivity index (χ1v) is 5.33. The third-order valence-corrected chi connectivity index (χ3v) is 2.95. The van der Waals surface area contributed by atoms with Gasteiger partial charge in [0, 0.05) is 0 Å². The molecule has 0 amide bonds. The lowest BCUT2D eigenvalue weighted by molar-refractivity contribution is 0.112. The average Bonchev–Trinajstić information content (AvgIpc) is 2.67. The van der Waals surface area contributed by atoms with Gasteiger partial charge in [0.15, 0.2) is 6.29 Å². The minimum Gasteiger partial charge on any atom is -0.297 e. The van der Waals surface area contributed by atoms with E-state index >= 15 is 0 Å². The Balaban J connectivity index is 2.15. The molecule has 0 spiro atoms. The molecule has 0 aliphatic heterocycles. The van der Waals surface area contributed by atoms with Crippen molar-refractivity contribution < 1.29 is 4.79 Å². The van der Waals surface area contributed by atoms with E-state index in [1.54, 1.807) is 0 Å². The van der Waals surface area contributed by atoms with Crippen LogP contribution < -0.4 is 0 Å². The lowest BCUT2D eigenvalue weighted by Gasteiger charge is -1.96. The van der Waals surface area contributed by atoms with Gasteiger partial charge >= 0.3 is 0 Å². The highest BCUT2D eigenvalue weighted by Gasteiger charge is 1.99. The van der Waals surface area contributed by atoms with Crippen molar-refractivity contribution in [3.63, 3.8) is 0 Å². The molecule has 0 fully saturated rings. The Labute approximate surface area is 87.0 Å². The van der Waals surface area contributed by atoms with E-state index in [0.29, 0.717) is 0 Å². The molecule has 2 rings (SSSR count). The number of carbonyl (C=O) groups is 1. The summed E-state index contributed by atoms with van der Waals surface area (Å²) in [5, 5.41) is 2.04. The van der Waals surface area contributed by atoms with Gasteiger partial charge in [0.1, 0.15) is 0 Å². The fourth-order valence-corrected chi connectivity index (χ4v) is 2.09. The van der Waals surface area contributed by atoms with Crippen LogP contribution in [0.3, 0.4) is 0 Å². The summed E-state index contributed by atoms with van der Waals surface area (Å²) in [5.41, 5.74) is 2.49. The fourth-order valence-electron chi connectivity index (χ4n) is 1.38. The van der Waals surface area contributed by atoms with Crippen molar-refractivity contribution >= 4 is 17.6 Å². The van der Waals surface area contributed by atoms with Gasteiger partial charge in [-0.25, -0.2) is 0 Å². The average molecular weight is 202 g/mol. The van der Waals surface area contributed by atoms with Gasteiger partial charge in [-0.3, -0.25) is 4.79 Å². The van der Waals surface area contributed by atoms with Crippen LogP contribution in [0.15, 0.2) is 41.8 Å². The minimum atomic E-state index is 0.802. The maximum atomic E-state index is 10.5. The largest absolute Gasteiger partial charge is 0.297 e. The Morgan fingerprint density at radius 3 is 2.57 bits per heavy atom. The van der Waals surface area contributed by atoms with Crippen molar-refractivity contribution in [3.05, 3.63) is 57.8 Å². The number of rotatable bonds is 3. The molecule has 0 bridgehead atoms. The topological polar surface area (TPSA) is 17.1 Å². The van der Waals surface area contributed by atoms with Crippen LogP contribution in [0, 0.1) is 0 Å². The van der Waals surface area contributed by atoms with Crippen molar-refractivity contribution in [2.24, 2.45) is 0 Å². The van der Waals surface area contributed by atoms with Crippen LogP contribution in [-0.2, 0) is 6.42 Å².